The second-order valence-corrected chi connectivity index (χ2v) is 6.28. The van der Waals surface area contributed by atoms with Gasteiger partial charge in [-0.05, 0) is 43.4 Å². The number of aliphatic hydroxyl groups is 1. The van der Waals surface area contributed by atoms with E-state index in [0.29, 0.717) is 11.6 Å². The zero-order chi connectivity index (χ0) is 15.1. The Bertz CT molecular complexity index is 472. The number of benzene rings is 1. The first kappa shape index (κ1) is 16.3. The van der Waals surface area contributed by atoms with E-state index in [2.05, 4.69) is 5.32 Å². The molecule has 1 amide bonds. The van der Waals surface area contributed by atoms with Crippen molar-refractivity contribution in [3.8, 4) is 0 Å². The van der Waals surface area contributed by atoms with Gasteiger partial charge in [-0.25, -0.2) is 0 Å². The molecule has 1 aliphatic rings. The van der Waals surface area contributed by atoms with Crippen LogP contribution in [0.4, 0.5) is 0 Å². The Balaban J connectivity index is 1.87. The summed E-state index contributed by atoms with van der Waals surface area (Å²) in [7, 11) is 0. The first-order valence-corrected chi connectivity index (χ1v) is 8.22. The van der Waals surface area contributed by atoms with Crippen molar-refractivity contribution < 1.29 is 9.90 Å². The monoisotopic (exact) mass is 309 g/mol. The molecule has 0 atom stereocenters. The van der Waals surface area contributed by atoms with Gasteiger partial charge in [-0.2, -0.15) is 0 Å². The van der Waals surface area contributed by atoms with Crippen LogP contribution in [0.25, 0.3) is 0 Å². The van der Waals surface area contributed by atoms with E-state index in [9.17, 15) is 4.79 Å². The number of carbonyl (C=O) groups is 1. The fraction of sp³-hybridized carbons (Fsp3) is 0.588. The number of carbonyl (C=O) groups excluding carboxylic acids is 1. The summed E-state index contributed by atoms with van der Waals surface area (Å²) in [5.74, 6) is 0.137. The minimum Gasteiger partial charge on any atom is -0.396 e. The Morgan fingerprint density at radius 3 is 2.62 bits per heavy atom. The third kappa shape index (κ3) is 3.98. The molecule has 1 aromatic rings. The highest BCUT2D eigenvalue weighted by Gasteiger charge is 2.45. The summed E-state index contributed by atoms with van der Waals surface area (Å²) in [6, 6.07) is 7.68. The third-order valence-electron chi connectivity index (χ3n) is 4.39. The van der Waals surface area contributed by atoms with Gasteiger partial charge in [-0.1, -0.05) is 43.0 Å². The van der Waals surface area contributed by atoms with Crippen LogP contribution < -0.4 is 5.32 Å². The largest absolute Gasteiger partial charge is 0.396 e. The van der Waals surface area contributed by atoms with Crippen LogP contribution in [0.1, 0.15) is 50.5 Å². The quantitative estimate of drug-likeness (QED) is 0.723. The number of amides is 1. The Kier molecular flexibility index (Phi) is 6.07. The van der Waals surface area contributed by atoms with E-state index in [1.807, 2.05) is 24.3 Å². The maximum atomic E-state index is 12.6. The Hall–Kier alpha value is -1.06. The fourth-order valence-corrected chi connectivity index (χ4v) is 3.12. The van der Waals surface area contributed by atoms with Crippen LogP contribution in [0.5, 0.6) is 0 Å². The van der Waals surface area contributed by atoms with Gasteiger partial charge in [0.05, 0.1) is 5.41 Å². The van der Waals surface area contributed by atoms with E-state index in [1.165, 1.54) is 0 Å². The molecule has 1 fully saturated rings. The number of halogens is 1. The molecule has 0 bridgehead atoms. The van der Waals surface area contributed by atoms with E-state index >= 15 is 0 Å². The Morgan fingerprint density at radius 1 is 1.24 bits per heavy atom. The number of hydrogen-bond donors (Lipinski definition) is 2. The molecule has 116 valence electrons. The first-order valence-electron chi connectivity index (χ1n) is 7.84. The van der Waals surface area contributed by atoms with Crippen LogP contribution in [0, 0.1) is 0 Å². The normalized spacial score (nSPS) is 16.3. The molecule has 2 rings (SSSR count). The van der Waals surface area contributed by atoms with Gasteiger partial charge in [-0.15, -0.1) is 0 Å². The van der Waals surface area contributed by atoms with Gasteiger partial charge in [-0.3, -0.25) is 4.79 Å². The lowest BCUT2D eigenvalue weighted by Gasteiger charge is -2.40. The number of unbranched alkanes of at least 4 members (excludes halogenated alkanes) is 3. The molecule has 0 radical (unpaired) electrons. The topological polar surface area (TPSA) is 49.3 Å². The molecule has 0 aromatic heterocycles. The fourth-order valence-electron chi connectivity index (χ4n) is 2.92. The van der Waals surface area contributed by atoms with Gasteiger partial charge in [0.1, 0.15) is 0 Å². The number of aliphatic hydroxyl groups excluding tert-OH is 1. The van der Waals surface area contributed by atoms with Crippen molar-refractivity contribution in [1.29, 1.82) is 0 Å². The summed E-state index contributed by atoms with van der Waals surface area (Å²) in [4.78, 5) is 12.6. The first-order chi connectivity index (χ1) is 10.2. The summed E-state index contributed by atoms with van der Waals surface area (Å²) in [5.41, 5.74) is 0.676. The van der Waals surface area contributed by atoms with Gasteiger partial charge < -0.3 is 10.4 Å². The van der Waals surface area contributed by atoms with Crippen molar-refractivity contribution in [3.63, 3.8) is 0 Å². The maximum Gasteiger partial charge on any atom is 0.230 e. The second-order valence-electron chi connectivity index (χ2n) is 5.84. The highest BCUT2D eigenvalue weighted by atomic mass is 35.5. The highest BCUT2D eigenvalue weighted by Crippen LogP contribution is 2.44. The molecule has 1 aromatic carbocycles. The van der Waals surface area contributed by atoms with Crippen LogP contribution >= 0.6 is 11.6 Å². The van der Waals surface area contributed by atoms with Crippen molar-refractivity contribution in [3.05, 3.63) is 34.9 Å². The lowest BCUT2D eigenvalue weighted by Crippen LogP contribution is -2.49. The SMILES string of the molecule is O=C(NCCCCCCO)C1(c2cccc(Cl)c2)CCC1. The molecule has 0 saturated heterocycles. The van der Waals surface area contributed by atoms with E-state index < -0.39 is 0 Å². The van der Waals surface area contributed by atoms with Crippen LogP contribution in [0.2, 0.25) is 5.02 Å². The van der Waals surface area contributed by atoms with Crippen molar-refractivity contribution in [2.24, 2.45) is 0 Å². The third-order valence-corrected chi connectivity index (χ3v) is 4.62. The lowest BCUT2D eigenvalue weighted by molar-refractivity contribution is -0.129. The zero-order valence-electron chi connectivity index (χ0n) is 12.4. The average molecular weight is 310 g/mol. The summed E-state index contributed by atoms with van der Waals surface area (Å²) in [6.45, 7) is 0.969. The predicted molar refractivity (Wildman–Crippen MR) is 85.5 cm³/mol. The predicted octanol–water partition coefficient (Wildman–Crippen LogP) is 3.43. The molecule has 0 heterocycles. The molecule has 21 heavy (non-hydrogen) atoms. The summed E-state index contributed by atoms with van der Waals surface area (Å²) >= 11 is 6.06. The molecular weight excluding hydrogens is 286 g/mol. The van der Waals surface area contributed by atoms with Crippen molar-refractivity contribution in [2.75, 3.05) is 13.2 Å². The molecule has 0 unspecified atom stereocenters. The van der Waals surface area contributed by atoms with Gasteiger partial charge in [0, 0.05) is 18.2 Å². The number of rotatable bonds is 8. The van der Waals surface area contributed by atoms with Crippen molar-refractivity contribution in [1.82, 2.24) is 5.32 Å². The summed E-state index contributed by atoms with van der Waals surface area (Å²) < 4.78 is 0. The smallest absolute Gasteiger partial charge is 0.230 e. The lowest BCUT2D eigenvalue weighted by atomic mass is 9.64. The van der Waals surface area contributed by atoms with E-state index in [4.69, 9.17) is 16.7 Å². The standard InChI is InChI=1S/C17H24ClNO2/c18-15-8-5-7-14(13-15)17(9-6-10-17)16(21)19-11-3-1-2-4-12-20/h5,7-8,13,20H,1-4,6,9-12H2,(H,19,21). The van der Waals surface area contributed by atoms with Crippen LogP contribution in [0.15, 0.2) is 24.3 Å². The highest BCUT2D eigenvalue weighted by molar-refractivity contribution is 6.30. The molecule has 3 nitrogen and oxygen atoms in total. The molecule has 2 N–H and O–H groups in total. The van der Waals surface area contributed by atoms with Crippen LogP contribution in [-0.4, -0.2) is 24.2 Å². The number of hydrogen-bond acceptors (Lipinski definition) is 2. The minimum absolute atomic E-state index is 0.137. The van der Waals surface area contributed by atoms with Gasteiger partial charge in [0.2, 0.25) is 5.91 Å². The molecular formula is C17H24ClNO2. The number of nitrogens with one attached hydrogen (secondary N) is 1. The molecule has 1 aliphatic carbocycles. The minimum atomic E-state index is -0.365. The van der Waals surface area contributed by atoms with E-state index in [0.717, 1.165) is 50.5 Å². The average Bonchev–Trinajstić information content (AvgIpc) is 2.41. The van der Waals surface area contributed by atoms with Crippen LogP contribution in [-0.2, 0) is 10.2 Å². The van der Waals surface area contributed by atoms with Crippen molar-refractivity contribution >= 4 is 17.5 Å². The summed E-state index contributed by atoms with van der Waals surface area (Å²) in [6.07, 6.45) is 6.79. The van der Waals surface area contributed by atoms with Gasteiger partial charge >= 0.3 is 0 Å². The zero-order valence-corrected chi connectivity index (χ0v) is 13.2. The summed E-state index contributed by atoms with van der Waals surface area (Å²) in [5, 5.41) is 12.5. The van der Waals surface area contributed by atoms with Crippen molar-refractivity contribution in [2.45, 2.75) is 50.4 Å². The molecule has 1 saturated carbocycles. The Labute approximate surface area is 131 Å². The molecule has 4 heteroatoms. The van der Waals surface area contributed by atoms with E-state index in [-0.39, 0.29) is 17.9 Å². The van der Waals surface area contributed by atoms with E-state index in [1.54, 1.807) is 0 Å². The van der Waals surface area contributed by atoms with Crippen LogP contribution in [0.3, 0.4) is 0 Å². The second kappa shape index (κ2) is 7.81. The maximum absolute atomic E-state index is 12.6. The Morgan fingerprint density at radius 2 is 2.00 bits per heavy atom. The molecule has 0 aliphatic heterocycles. The molecule has 0 spiro atoms. The van der Waals surface area contributed by atoms with Gasteiger partial charge in [0.15, 0.2) is 0 Å². The van der Waals surface area contributed by atoms with Gasteiger partial charge in [0.25, 0.3) is 0 Å².